The van der Waals surface area contributed by atoms with Crippen LogP contribution in [0.5, 0.6) is 5.75 Å². The molecule has 18 heavy (non-hydrogen) atoms. The van der Waals surface area contributed by atoms with E-state index >= 15 is 0 Å². The van der Waals surface area contributed by atoms with Crippen LogP contribution in [0.3, 0.4) is 0 Å². The molecule has 2 unspecified atom stereocenters. The predicted octanol–water partition coefficient (Wildman–Crippen LogP) is 3.29. The van der Waals surface area contributed by atoms with Crippen molar-refractivity contribution in [2.24, 2.45) is 5.92 Å². The van der Waals surface area contributed by atoms with Crippen molar-refractivity contribution in [3.8, 4) is 11.8 Å². The topological polar surface area (TPSA) is 59.0 Å². The lowest BCUT2D eigenvalue weighted by Crippen LogP contribution is -2.24. The van der Waals surface area contributed by atoms with Crippen molar-refractivity contribution in [2.45, 2.75) is 45.1 Å². The van der Waals surface area contributed by atoms with Gasteiger partial charge in [0.2, 0.25) is 0 Å². The van der Waals surface area contributed by atoms with Crippen LogP contribution in [0, 0.1) is 17.2 Å². The molecule has 2 rings (SSSR count). The second-order valence-electron chi connectivity index (χ2n) is 5.21. The molecule has 1 aliphatic rings. The number of hydrogen-bond acceptors (Lipinski definition) is 3. The van der Waals surface area contributed by atoms with Gasteiger partial charge in [0.05, 0.1) is 18.6 Å². The lowest BCUT2D eigenvalue weighted by molar-refractivity contribution is 0.129. The van der Waals surface area contributed by atoms with E-state index in [-0.39, 0.29) is 0 Å². The van der Waals surface area contributed by atoms with Crippen LogP contribution in [-0.2, 0) is 6.42 Å². The zero-order valence-corrected chi connectivity index (χ0v) is 10.9. The number of benzene rings is 1. The average Bonchev–Trinajstić information content (AvgIpc) is 2.34. The molecule has 96 valence electrons. The van der Waals surface area contributed by atoms with Gasteiger partial charge in [-0.25, -0.2) is 0 Å². The summed E-state index contributed by atoms with van der Waals surface area (Å²) in [5.74, 6) is 1.59. The number of nitrogen functional groups attached to an aromatic ring is 1. The number of nitrogens with zero attached hydrogens (tertiary/aromatic N) is 1. The summed E-state index contributed by atoms with van der Waals surface area (Å²) < 4.78 is 6.00. The summed E-state index contributed by atoms with van der Waals surface area (Å²) in [5.41, 5.74) is 7.35. The molecule has 0 bridgehead atoms. The van der Waals surface area contributed by atoms with Gasteiger partial charge in [-0.05, 0) is 48.9 Å². The summed E-state index contributed by atoms with van der Waals surface area (Å²) in [7, 11) is 0. The van der Waals surface area contributed by atoms with Crippen LogP contribution in [0.2, 0.25) is 0 Å². The Morgan fingerprint density at radius 3 is 3.00 bits per heavy atom. The zero-order valence-electron chi connectivity index (χ0n) is 10.9. The summed E-state index contributed by atoms with van der Waals surface area (Å²) in [4.78, 5) is 0. The van der Waals surface area contributed by atoms with E-state index in [1.54, 1.807) is 0 Å². The van der Waals surface area contributed by atoms with E-state index in [2.05, 4.69) is 13.0 Å². The predicted molar refractivity (Wildman–Crippen MR) is 72.2 cm³/mol. The third-order valence-electron chi connectivity index (χ3n) is 3.57. The smallest absolute Gasteiger partial charge is 0.120 e. The molecule has 3 heteroatoms. The maximum atomic E-state index is 8.74. The molecule has 0 radical (unpaired) electrons. The fourth-order valence-corrected chi connectivity index (χ4v) is 2.57. The van der Waals surface area contributed by atoms with Gasteiger partial charge < -0.3 is 10.5 Å². The Kier molecular flexibility index (Phi) is 4.09. The summed E-state index contributed by atoms with van der Waals surface area (Å²) in [6, 6.07) is 7.75. The van der Waals surface area contributed by atoms with Gasteiger partial charge in [-0.15, -0.1) is 0 Å². The van der Waals surface area contributed by atoms with Crippen LogP contribution in [0.4, 0.5) is 5.69 Å². The minimum Gasteiger partial charge on any atom is -0.490 e. The van der Waals surface area contributed by atoms with E-state index in [1.165, 1.54) is 12.8 Å². The van der Waals surface area contributed by atoms with Gasteiger partial charge in [-0.2, -0.15) is 5.26 Å². The van der Waals surface area contributed by atoms with Gasteiger partial charge in [-0.1, -0.05) is 13.3 Å². The van der Waals surface area contributed by atoms with Crippen LogP contribution in [0.1, 0.15) is 38.2 Å². The molecule has 0 spiro atoms. The van der Waals surface area contributed by atoms with Gasteiger partial charge in [0, 0.05) is 5.69 Å². The third-order valence-corrected chi connectivity index (χ3v) is 3.57. The Morgan fingerprint density at radius 2 is 2.28 bits per heavy atom. The van der Waals surface area contributed by atoms with Crippen molar-refractivity contribution in [1.29, 1.82) is 5.26 Å². The molecular formula is C15H20N2O. The largest absolute Gasteiger partial charge is 0.490 e. The minimum atomic E-state index is 0.312. The molecule has 0 amide bonds. The lowest BCUT2D eigenvalue weighted by atomic mass is 9.89. The Hall–Kier alpha value is -1.69. The third kappa shape index (κ3) is 3.16. The van der Waals surface area contributed by atoms with E-state index in [9.17, 15) is 0 Å². The zero-order chi connectivity index (χ0) is 13.0. The molecule has 0 heterocycles. The highest BCUT2D eigenvalue weighted by Crippen LogP contribution is 2.28. The summed E-state index contributed by atoms with van der Waals surface area (Å²) in [5, 5.41) is 8.74. The summed E-state index contributed by atoms with van der Waals surface area (Å²) >= 11 is 0. The second kappa shape index (κ2) is 5.77. The fraction of sp³-hybridized carbons (Fsp3) is 0.533. The van der Waals surface area contributed by atoms with E-state index in [0.717, 1.165) is 30.1 Å². The number of ether oxygens (including phenoxy) is 1. The highest BCUT2D eigenvalue weighted by Gasteiger charge is 2.20. The molecule has 1 aliphatic carbocycles. The number of hydrogen-bond donors (Lipinski definition) is 1. The van der Waals surface area contributed by atoms with Crippen molar-refractivity contribution in [1.82, 2.24) is 0 Å². The van der Waals surface area contributed by atoms with Crippen molar-refractivity contribution in [3.05, 3.63) is 23.8 Å². The van der Waals surface area contributed by atoms with Crippen LogP contribution in [-0.4, -0.2) is 6.10 Å². The van der Waals surface area contributed by atoms with Crippen molar-refractivity contribution in [3.63, 3.8) is 0 Å². The molecule has 0 saturated heterocycles. The molecule has 0 aromatic heterocycles. The first kappa shape index (κ1) is 12.8. The van der Waals surface area contributed by atoms with E-state index < -0.39 is 0 Å². The van der Waals surface area contributed by atoms with Gasteiger partial charge in [-0.3, -0.25) is 0 Å². The average molecular weight is 244 g/mol. The number of anilines is 1. The molecule has 0 aliphatic heterocycles. The summed E-state index contributed by atoms with van der Waals surface area (Å²) in [6.07, 6.45) is 5.45. The molecule has 2 N–H and O–H groups in total. The van der Waals surface area contributed by atoms with E-state index in [4.69, 9.17) is 15.7 Å². The van der Waals surface area contributed by atoms with Gasteiger partial charge in [0.1, 0.15) is 5.75 Å². The van der Waals surface area contributed by atoms with Crippen LogP contribution in [0.25, 0.3) is 0 Å². The number of rotatable bonds is 3. The quantitative estimate of drug-likeness (QED) is 0.830. The van der Waals surface area contributed by atoms with Gasteiger partial charge in [0.25, 0.3) is 0 Å². The Bertz CT molecular complexity index is 450. The van der Waals surface area contributed by atoms with E-state index in [1.807, 2.05) is 18.2 Å². The monoisotopic (exact) mass is 244 g/mol. The number of nitrogens with two attached hydrogens (primary N) is 1. The second-order valence-corrected chi connectivity index (χ2v) is 5.21. The maximum Gasteiger partial charge on any atom is 0.120 e. The first-order valence-corrected chi connectivity index (χ1v) is 6.61. The van der Waals surface area contributed by atoms with Crippen LogP contribution >= 0.6 is 0 Å². The first-order chi connectivity index (χ1) is 8.69. The highest BCUT2D eigenvalue weighted by molar-refractivity contribution is 5.51. The van der Waals surface area contributed by atoms with Gasteiger partial charge >= 0.3 is 0 Å². The SMILES string of the molecule is CC1CCCC(Oc2ccc(N)c(CC#N)c2)C1. The number of nitriles is 1. The molecular weight excluding hydrogens is 224 g/mol. The molecule has 1 aromatic rings. The van der Waals surface area contributed by atoms with Gasteiger partial charge in [0.15, 0.2) is 0 Å². The van der Waals surface area contributed by atoms with Crippen molar-refractivity contribution >= 4 is 5.69 Å². The first-order valence-electron chi connectivity index (χ1n) is 6.61. The Morgan fingerprint density at radius 1 is 1.44 bits per heavy atom. The normalized spacial score (nSPS) is 23.3. The summed E-state index contributed by atoms with van der Waals surface area (Å²) in [6.45, 7) is 2.28. The minimum absolute atomic E-state index is 0.312. The standard InChI is InChI=1S/C15H20N2O/c1-11-3-2-4-13(9-11)18-14-5-6-15(17)12(10-14)7-8-16/h5-6,10-11,13H,2-4,7,9,17H2,1H3. The van der Waals surface area contributed by atoms with Crippen LogP contribution < -0.4 is 10.5 Å². The maximum absolute atomic E-state index is 8.74. The van der Waals surface area contributed by atoms with Crippen molar-refractivity contribution in [2.75, 3.05) is 5.73 Å². The van der Waals surface area contributed by atoms with Crippen molar-refractivity contribution < 1.29 is 4.74 Å². The molecule has 1 fully saturated rings. The highest BCUT2D eigenvalue weighted by atomic mass is 16.5. The lowest BCUT2D eigenvalue weighted by Gasteiger charge is -2.27. The Balaban J connectivity index is 2.05. The van der Waals surface area contributed by atoms with E-state index in [0.29, 0.717) is 18.2 Å². The Labute approximate surface area is 109 Å². The molecule has 1 aromatic carbocycles. The fourth-order valence-electron chi connectivity index (χ4n) is 2.57. The molecule has 1 saturated carbocycles. The van der Waals surface area contributed by atoms with Crippen LogP contribution in [0.15, 0.2) is 18.2 Å². The molecule has 2 atom stereocenters. The molecule has 3 nitrogen and oxygen atoms in total.